The summed E-state index contributed by atoms with van der Waals surface area (Å²) in [6, 6.07) is 0. The molecule has 0 saturated heterocycles. The summed E-state index contributed by atoms with van der Waals surface area (Å²) >= 11 is 2.28. The molecule has 0 amide bonds. The van der Waals surface area contributed by atoms with Gasteiger partial charge in [-0.15, -0.1) is 0 Å². The Morgan fingerprint density at radius 1 is 1.40 bits per heavy atom. The lowest BCUT2D eigenvalue weighted by molar-refractivity contribution is 0.364. The van der Waals surface area contributed by atoms with E-state index in [9.17, 15) is 0 Å². The summed E-state index contributed by atoms with van der Waals surface area (Å²) in [7, 11) is 0. The number of hydrogen-bond donors (Lipinski definition) is 1. The fourth-order valence-corrected chi connectivity index (χ4v) is 1.69. The van der Waals surface area contributed by atoms with Crippen molar-refractivity contribution in [3.63, 3.8) is 0 Å². The molecule has 1 heterocycles. The standard InChI is InChI=1S/C11H20IN3/c1-11(2,3)4-5-13-6-7-15-9-10(12)8-14-15/h8-9,13H,4-7H2,1-3H3. The maximum absolute atomic E-state index is 4.23. The predicted octanol–water partition coefficient (Wildman–Crippen LogP) is 2.51. The normalized spacial score (nSPS) is 12.0. The highest BCUT2D eigenvalue weighted by Crippen LogP contribution is 2.16. The van der Waals surface area contributed by atoms with Gasteiger partial charge in [-0.3, -0.25) is 4.68 Å². The van der Waals surface area contributed by atoms with Gasteiger partial charge in [0.15, 0.2) is 0 Å². The van der Waals surface area contributed by atoms with Crippen LogP contribution in [0, 0.1) is 8.99 Å². The Kier molecular flexibility index (Phi) is 5.05. The zero-order valence-corrected chi connectivity index (χ0v) is 11.9. The van der Waals surface area contributed by atoms with E-state index in [0.717, 1.165) is 19.6 Å². The molecule has 1 N–H and O–H groups in total. The second-order valence-corrected chi connectivity index (χ2v) is 6.23. The third kappa shape index (κ3) is 6.14. The molecule has 1 rings (SSSR count). The fourth-order valence-electron chi connectivity index (χ4n) is 1.24. The maximum Gasteiger partial charge on any atom is 0.0623 e. The Morgan fingerprint density at radius 2 is 2.13 bits per heavy atom. The first-order valence-corrected chi connectivity index (χ1v) is 6.44. The van der Waals surface area contributed by atoms with Crippen LogP contribution >= 0.6 is 22.6 Å². The minimum atomic E-state index is 0.425. The first-order valence-electron chi connectivity index (χ1n) is 5.36. The fraction of sp³-hybridized carbons (Fsp3) is 0.727. The number of nitrogens with zero attached hydrogens (tertiary/aromatic N) is 2. The molecule has 0 aromatic carbocycles. The first-order chi connectivity index (χ1) is 6.97. The summed E-state index contributed by atoms with van der Waals surface area (Å²) in [5, 5.41) is 7.67. The third-order valence-electron chi connectivity index (χ3n) is 2.17. The summed E-state index contributed by atoms with van der Waals surface area (Å²) in [6.07, 6.45) is 5.16. The van der Waals surface area contributed by atoms with E-state index in [4.69, 9.17) is 0 Å². The molecule has 1 aromatic heterocycles. The Morgan fingerprint density at radius 3 is 2.67 bits per heavy atom. The first kappa shape index (κ1) is 13.0. The van der Waals surface area contributed by atoms with Crippen molar-refractivity contribution in [3.05, 3.63) is 16.0 Å². The van der Waals surface area contributed by atoms with Crippen LogP contribution in [-0.2, 0) is 6.54 Å². The van der Waals surface area contributed by atoms with Crippen molar-refractivity contribution in [2.75, 3.05) is 13.1 Å². The molecule has 4 heteroatoms. The summed E-state index contributed by atoms with van der Waals surface area (Å²) in [5.74, 6) is 0. The van der Waals surface area contributed by atoms with Crippen LogP contribution < -0.4 is 5.32 Å². The van der Waals surface area contributed by atoms with Crippen LogP contribution in [0.15, 0.2) is 12.4 Å². The van der Waals surface area contributed by atoms with Gasteiger partial charge in [0.05, 0.1) is 16.3 Å². The van der Waals surface area contributed by atoms with Gasteiger partial charge in [-0.2, -0.15) is 5.10 Å². The molecule has 0 aliphatic heterocycles. The number of rotatable bonds is 5. The average molecular weight is 321 g/mol. The molecule has 0 fully saturated rings. The SMILES string of the molecule is CC(C)(C)CCNCCn1cc(I)cn1. The highest BCUT2D eigenvalue weighted by atomic mass is 127. The molecule has 0 unspecified atom stereocenters. The molecule has 0 spiro atoms. The van der Waals surface area contributed by atoms with Gasteiger partial charge in [-0.1, -0.05) is 20.8 Å². The van der Waals surface area contributed by atoms with Gasteiger partial charge in [-0.05, 0) is 41.0 Å². The van der Waals surface area contributed by atoms with E-state index in [2.05, 4.69) is 60.0 Å². The highest BCUT2D eigenvalue weighted by Gasteiger charge is 2.08. The van der Waals surface area contributed by atoms with Gasteiger partial charge in [0, 0.05) is 12.7 Å². The molecule has 0 radical (unpaired) electrons. The second-order valence-electron chi connectivity index (χ2n) is 4.98. The van der Waals surface area contributed by atoms with Gasteiger partial charge in [-0.25, -0.2) is 0 Å². The Bertz CT molecular complexity index is 288. The monoisotopic (exact) mass is 321 g/mol. The zero-order chi connectivity index (χ0) is 11.3. The Hall–Kier alpha value is -0.100. The van der Waals surface area contributed by atoms with E-state index >= 15 is 0 Å². The van der Waals surface area contributed by atoms with Crippen LogP contribution in [-0.4, -0.2) is 22.9 Å². The van der Waals surface area contributed by atoms with Crippen LogP contribution in [0.25, 0.3) is 0 Å². The molecule has 86 valence electrons. The molecule has 0 aliphatic rings. The summed E-state index contributed by atoms with van der Waals surface area (Å²) in [4.78, 5) is 0. The van der Waals surface area contributed by atoms with Crippen LogP contribution in [0.1, 0.15) is 27.2 Å². The Balaban J connectivity index is 2.07. The second kappa shape index (κ2) is 5.84. The van der Waals surface area contributed by atoms with Crippen LogP contribution in [0.3, 0.4) is 0 Å². The minimum Gasteiger partial charge on any atom is -0.315 e. The number of hydrogen-bond acceptors (Lipinski definition) is 2. The van der Waals surface area contributed by atoms with E-state index in [-0.39, 0.29) is 0 Å². The van der Waals surface area contributed by atoms with Gasteiger partial charge < -0.3 is 5.32 Å². The molecule has 0 atom stereocenters. The average Bonchev–Trinajstić information content (AvgIpc) is 2.49. The minimum absolute atomic E-state index is 0.425. The maximum atomic E-state index is 4.23. The lowest BCUT2D eigenvalue weighted by Crippen LogP contribution is -2.24. The lowest BCUT2D eigenvalue weighted by atomic mass is 9.92. The topological polar surface area (TPSA) is 29.9 Å². The molecule has 15 heavy (non-hydrogen) atoms. The van der Waals surface area contributed by atoms with Crippen molar-refractivity contribution in [1.29, 1.82) is 0 Å². The van der Waals surface area contributed by atoms with Gasteiger partial charge in [0.2, 0.25) is 0 Å². The van der Waals surface area contributed by atoms with E-state index in [1.165, 1.54) is 9.99 Å². The summed E-state index contributed by atoms with van der Waals surface area (Å²) in [5.41, 5.74) is 0.425. The highest BCUT2D eigenvalue weighted by molar-refractivity contribution is 14.1. The quantitative estimate of drug-likeness (QED) is 0.667. The van der Waals surface area contributed by atoms with Crippen LogP contribution in [0.2, 0.25) is 0 Å². The zero-order valence-electron chi connectivity index (χ0n) is 9.76. The number of nitrogens with one attached hydrogen (secondary N) is 1. The van der Waals surface area contributed by atoms with Gasteiger partial charge in [0.1, 0.15) is 0 Å². The molecular weight excluding hydrogens is 301 g/mol. The summed E-state index contributed by atoms with van der Waals surface area (Å²) < 4.78 is 3.17. The van der Waals surface area contributed by atoms with E-state index < -0.39 is 0 Å². The number of halogens is 1. The van der Waals surface area contributed by atoms with E-state index in [1.54, 1.807) is 0 Å². The van der Waals surface area contributed by atoms with E-state index in [1.807, 2.05) is 10.9 Å². The Labute approximate surface area is 106 Å². The summed E-state index contributed by atoms with van der Waals surface area (Å²) in [6.45, 7) is 9.84. The molecule has 0 bridgehead atoms. The molecule has 1 aromatic rings. The third-order valence-corrected chi connectivity index (χ3v) is 2.73. The molecule has 0 saturated carbocycles. The molecule has 0 aliphatic carbocycles. The van der Waals surface area contributed by atoms with Crippen molar-refractivity contribution in [2.24, 2.45) is 5.41 Å². The lowest BCUT2D eigenvalue weighted by Gasteiger charge is -2.17. The molecule has 3 nitrogen and oxygen atoms in total. The van der Waals surface area contributed by atoms with Crippen LogP contribution in [0.4, 0.5) is 0 Å². The number of aromatic nitrogens is 2. The van der Waals surface area contributed by atoms with Crippen molar-refractivity contribution >= 4 is 22.6 Å². The van der Waals surface area contributed by atoms with Crippen molar-refractivity contribution in [1.82, 2.24) is 15.1 Å². The largest absolute Gasteiger partial charge is 0.315 e. The van der Waals surface area contributed by atoms with Gasteiger partial charge in [0.25, 0.3) is 0 Å². The smallest absolute Gasteiger partial charge is 0.0623 e. The van der Waals surface area contributed by atoms with Gasteiger partial charge >= 0.3 is 0 Å². The molecular formula is C11H20IN3. The predicted molar refractivity (Wildman–Crippen MR) is 71.9 cm³/mol. The van der Waals surface area contributed by atoms with Crippen molar-refractivity contribution in [3.8, 4) is 0 Å². The van der Waals surface area contributed by atoms with Crippen LogP contribution in [0.5, 0.6) is 0 Å². The van der Waals surface area contributed by atoms with Crippen molar-refractivity contribution in [2.45, 2.75) is 33.7 Å². The van der Waals surface area contributed by atoms with Crippen molar-refractivity contribution < 1.29 is 0 Å². The van der Waals surface area contributed by atoms with E-state index in [0.29, 0.717) is 5.41 Å².